The van der Waals surface area contributed by atoms with E-state index in [-0.39, 0.29) is 0 Å². The molecule has 1 saturated carbocycles. The van der Waals surface area contributed by atoms with Crippen LogP contribution < -0.4 is 10.2 Å². The molecule has 0 aromatic carbocycles. The number of halogens is 1. The zero-order valence-corrected chi connectivity index (χ0v) is 11.8. The molecule has 0 unspecified atom stereocenters. The molecular weight excluding hydrogens is 262 g/mol. The van der Waals surface area contributed by atoms with Crippen molar-refractivity contribution in [1.82, 2.24) is 10.3 Å². The van der Waals surface area contributed by atoms with Gasteiger partial charge in [0.25, 0.3) is 0 Å². The summed E-state index contributed by atoms with van der Waals surface area (Å²) in [5.74, 6) is 1.02. The normalized spacial score (nSPS) is 20.4. The van der Waals surface area contributed by atoms with Crippen molar-refractivity contribution in [1.29, 1.82) is 0 Å². The number of aromatic nitrogens is 1. The highest BCUT2D eigenvalue weighted by Crippen LogP contribution is 2.23. The molecular formula is C14H20ClN3O. The Hall–Kier alpha value is -0.840. The fraction of sp³-hybridized carbons (Fsp3) is 0.643. The first-order chi connectivity index (χ1) is 9.33. The second-order valence-electron chi connectivity index (χ2n) is 5.21. The minimum absolute atomic E-state index is 0.674. The van der Waals surface area contributed by atoms with Crippen LogP contribution in [0.25, 0.3) is 0 Å². The van der Waals surface area contributed by atoms with E-state index in [4.69, 9.17) is 21.3 Å². The van der Waals surface area contributed by atoms with Gasteiger partial charge in [-0.3, -0.25) is 0 Å². The van der Waals surface area contributed by atoms with Gasteiger partial charge in [-0.2, -0.15) is 0 Å². The van der Waals surface area contributed by atoms with Crippen molar-refractivity contribution in [3.8, 4) is 0 Å². The molecule has 1 N–H and O–H groups in total. The summed E-state index contributed by atoms with van der Waals surface area (Å²) in [5, 5.41) is 4.22. The van der Waals surface area contributed by atoms with Crippen LogP contribution in [0, 0.1) is 0 Å². The second kappa shape index (κ2) is 6.07. The van der Waals surface area contributed by atoms with Gasteiger partial charge in [0.2, 0.25) is 0 Å². The summed E-state index contributed by atoms with van der Waals surface area (Å²) < 4.78 is 5.48. The largest absolute Gasteiger partial charge is 0.380 e. The predicted molar refractivity (Wildman–Crippen MR) is 76.8 cm³/mol. The number of hydrogen-bond acceptors (Lipinski definition) is 4. The van der Waals surface area contributed by atoms with Gasteiger partial charge in [0, 0.05) is 32.3 Å². The molecule has 104 valence electrons. The Labute approximate surface area is 119 Å². The standard InChI is InChI=1S/C14H20ClN3O/c15-12-4-5-14(18-6-1-8-19-9-7-18)17-13(12)10-16-11-2-3-11/h4-5,11,16H,1-3,6-10H2. The first-order valence-electron chi connectivity index (χ1n) is 7.04. The number of anilines is 1. The number of rotatable bonds is 4. The van der Waals surface area contributed by atoms with E-state index in [0.29, 0.717) is 6.04 Å². The maximum atomic E-state index is 6.23. The van der Waals surface area contributed by atoms with Crippen molar-refractivity contribution in [2.75, 3.05) is 31.2 Å². The van der Waals surface area contributed by atoms with Crippen LogP contribution in [-0.4, -0.2) is 37.3 Å². The molecule has 2 aliphatic rings. The summed E-state index contributed by atoms with van der Waals surface area (Å²) in [6.07, 6.45) is 3.61. The number of ether oxygens (including phenoxy) is 1. The van der Waals surface area contributed by atoms with Crippen LogP contribution in [0.1, 0.15) is 25.0 Å². The maximum Gasteiger partial charge on any atom is 0.129 e. The Kier molecular flexibility index (Phi) is 4.21. The van der Waals surface area contributed by atoms with E-state index in [9.17, 15) is 0 Å². The van der Waals surface area contributed by atoms with Gasteiger partial charge in [-0.1, -0.05) is 11.6 Å². The van der Waals surface area contributed by atoms with Gasteiger partial charge in [-0.25, -0.2) is 4.98 Å². The highest BCUT2D eigenvalue weighted by atomic mass is 35.5. The van der Waals surface area contributed by atoms with E-state index in [0.717, 1.165) is 55.8 Å². The SMILES string of the molecule is Clc1ccc(N2CCCOCC2)nc1CNC1CC1. The highest BCUT2D eigenvalue weighted by Gasteiger charge is 2.21. The first kappa shape index (κ1) is 13.2. The molecule has 0 spiro atoms. The molecule has 0 bridgehead atoms. The Morgan fingerprint density at radius 1 is 1.32 bits per heavy atom. The molecule has 0 atom stereocenters. The van der Waals surface area contributed by atoms with E-state index < -0.39 is 0 Å². The van der Waals surface area contributed by atoms with E-state index in [1.807, 2.05) is 12.1 Å². The van der Waals surface area contributed by atoms with Gasteiger partial charge < -0.3 is 15.0 Å². The lowest BCUT2D eigenvalue weighted by Crippen LogP contribution is -2.27. The molecule has 19 heavy (non-hydrogen) atoms. The summed E-state index contributed by atoms with van der Waals surface area (Å²) in [6.45, 7) is 4.30. The molecule has 1 aliphatic carbocycles. The topological polar surface area (TPSA) is 37.4 Å². The lowest BCUT2D eigenvalue weighted by molar-refractivity contribution is 0.152. The van der Waals surface area contributed by atoms with Crippen molar-refractivity contribution in [2.24, 2.45) is 0 Å². The Morgan fingerprint density at radius 3 is 3.05 bits per heavy atom. The zero-order valence-electron chi connectivity index (χ0n) is 11.1. The van der Waals surface area contributed by atoms with E-state index >= 15 is 0 Å². The third-order valence-electron chi connectivity index (χ3n) is 3.59. The van der Waals surface area contributed by atoms with E-state index in [1.54, 1.807) is 0 Å². The molecule has 5 heteroatoms. The van der Waals surface area contributed by atoms with E-state index in [1.165, 1.54) is 12.8 Å². The lowest BCUT2D eigenvalue weighted by Gasteiger charge is -2.21. The molecule has 1 aliphatic heterocycles. The van der Waals surface area contributed by atoms with Crippen molar-refractivity contribution in [2.45, 2.75) is 31.8 Å². The van der Waals surface area contributed by atoms with Gasteiger partial charge in [0.15, 0.2) is 0 Å². The van der Waals surface area contributed by atoms with Crippen molar-refractivity contribution >= 4 is 17.4 Å². The monoisotopic (exact) mass is 281 g/mol. The second-order valence-corrected chi connectivity index (χ2v) is 5.61. The summed E-state index contributed by atoms with van der Waals surface area (Å²) in [5.41, 5.74) is 0.955. The molecule has 1 aromatic heterocycles. The summed E-state index contributed by atoms with van der Waals surface area (Å²) in [7, 11) is 0. The van der Waals surface area contributed by atoms with Crippen LogP contribution in [0.4, 0.5) is 5.82 Å². The lowest BCUT2D eigenvalue weighted by atomic mass is 10.3. The Bertz CT molecular complexity index is 429. The van der Waals surface area contributed by atoms with Crippen LogP contribution in [-0.2, 0) is 11.3 Å². The van der Waals surface area contributed by atoms with Crippen LogP contribution in [0.15, 0.2) is 12.1 Å². The smallest absolute Gasteiger partial charge is 0.129 e. The van der Waals surface area contributed by atoms with Crippen LogP contribution >= 0.6 is 11.6 Å². The average Bonchev–Trinajstić information content (AvgIpc) is 3.25. The Balaban J connectivity index is 1.70. The van der Waals surface area contributed by atoms with Crippen LogP contribution in [0.3, 0.4) is 0 Å². The third kappa shape index (κ3) is 3.59. The van der Waals surface area contributed by atoms with Crippen molar-refractivity contribution < 1.29 is 4.74 Å². The zero-order chi connectivity index (χ0) is 13.1. The van der Waals surface area contributed by atoms with Crippen molar-refractivity contribution in [3.63, 3.8) is 0 Å². The van der Waals surface area contributed by atoms with Crippen molar-refractivity contribution in [3.05, 3.63) is 22.8 Å². The minimum atomic E-state index is 0.674. The average molecular weight is 282 g/mol. The van der Waals surface area contributed by atoms with Crippen LogP contribution in [0.2, 0.25) is 5.02 Å². The third-order valence-corrected chi connectivity index (χ3v) is 3.93. The molecule has 0 amide bonds. The first-order valence-corrected chi connectivity index (χ1v) is 7.42. The fourth-order valence-electron chi connectivity index (χ4n) is 2.28. The van der Waals surface area contributed by atoms with Gasteiger partial charge in [-0.15, -0.1) is 0 Å². The molecule has 2 fully saturated rings. The van der Waals surface area contributed by atoms with Gasteiger partial charge in [-0.05, 0) is 31.4 Å². The number of pyridine rings is 1. The van der Waals surface area contributed by atoms with Gasteiger partial charge in [0.05, 0.1) is 17.3 Å². The summed E-state index contributed by atoms with van der Waals surface area (Å²) >= 11 is 6.23. The molecule has 0 radical (unpaired) electrons. The number of nitrogens with one attached hydrogen (secondary N) is 1. The highest BCUT2D eigenvalue weighted by molar-refractivity contribution is 6.31. The summed E-state index contributed by atoms with van der Waals surface area (Å²) in [6, 6.07) is 4.64. The van der Waals surface area contributed by atoms with Gasteiger partial charge in [0.1, 0.15) is 5.82 Å². The fourth-order valence-corrected chi connectivity index (χ4v) is 2.45. The molecule has 2 heterocycles. The Morgan fingerprint density at radius 2 is 2.21 bits per heavy atom. The quantitative estimate of drug-likeness (QED) is 0.918. The minimum Gasteiger partial charge on any atom is -0.380 e. The van der Waals surface area contributed by atoms with E-state index in [2.05, 4.69) is 10.2 Å². The summed E-state index contributed by atoms with van der Waals surface area (Å²) in [4.78, 5) is 6.99. The number of hydrogen-bond donors (Lipinski definition) is 1. The molecule has 1 aromatic rings. The predicted octanol–water partition coefficient (Wildman–Crippen LogP) is 2.21. The van der Waals surface area contributed by atoms with Crippen LogP contribution in [0.5, 0.6) is 0 Å². The molecule has 4 nitrogen and oxygen atoms in total. The maximum absolute atomic E-state index is 6.23. The van der Waals surface area contributed by atoms with Gasteiger partial charge >= 0.3 is 0 Å². The molecule has 1 saturated heterocycles. The molecule has 3 rings (SSSR count). The number of nitrogens with zero attached hydrogens (tertiary/aromatic N) is 2.